The standard InChI is InChI=1S/C6H13F3Si/c1-4-10(2,3)5-6(7,8)9/h4-5H2,1-3H3. The van der Waals surface area contributed by atoms with Gasteiger partial charge in [-0.1, -0.05) is 26.1 Å². The average Bonchev–Trinajstić information content (AvgIpc) is 1.60. The van der Waals surface area contributed by atoms with E-state index in [0.717, 1.165) is 0 Å². The molecule has 0 atom stereocenters. The summed E-state index contributed by atoms with van der Waals surface area (Å²) >= 11 is 0. The highest BCUT2D eigenvalue weighted by Crippen LogP contribution is 2.29. The summed E-state index contributed by atoms with van der Waals surface area (Å²) < 4.78 is 35.3. The molecule has 0 fully saturated rings. The molecule has 4 heteroatoms. The zero-order chi connectivity index (χ0) is 8.41. The van der Waals surface area contributed by atoms with Gasteiger partial charge < -0.3 is 0 Å². The molecule has 0 aromatic rings. The van der Waals surface area contributed by atoms with Crippen LogP contribution in [0.2, 0.25) is 25.2 Å². The van der Waals surface area contributed by atoms with Gasteiger partial charge in [-0.05, 0) is 0 Å². The minimum Gasteiger partial charge on any atom is -0.172 e. The van der Waals surface area contributed by atoms with Gasteiger partial charge in [-0.2, -0.15) is 13.2 Å². The number of hydrogen-bond acceptors (Lipinski definition) is 0. The van der Waals surface area contributed by atoms with Crippen LogP contribution in [0.1, 0.15) is 6.92 Å². The molecule has 0 rings (SSSR count). The van der Waals surface area contributed by atoms with Crippen LogP contribution in [-0.2, 0) is 0 Å². The van der Waals surface area contributed by atoms with Crippen molar-refractivity contribution in [2.45, 2.75) is 38.3 Å². The lowest BCUT2D eigenvalue weighted by molar-refractivity contribution is -0.111. The van der Waals surface area contributed by atoms with Crippen molar-refractivity contribution in [1.82, 2.24) is 0 Å². The Hall–Kier alpha value is 0.00688. The van der Waals surface area contributed by atoms with Crippen LogP contribution >= 0.6 is 0 Å². The van der Waals surface area contributed by atoms with E-state index in [9.17, 15) is 13.2 Å². The minimum absolute atomic E-state index is 0.545. The Morgan fingerprint density at radius 3 is 1.70 bits per heavy atom. The number of halogens is 3. The second kappa shape index (κ2) is 2.94. The smallest absolute Gasteiger partial charge is 0.172 e. The largest absolute Gasteiger partial charge is 0.386 e. The summed E-state index contributed by atoms with van der Waals surface area (Å²) in [7, 11) is -1.94. The van der Waals surface area contributed by atoms with Gasteiger partial charge in [0.2, 0.25) is 0 Å². The quantitative estimate of drug-likeness (QED) is 0.558. The van der Waals surface area contributed by atoms with Crippen LogP contribution in [0.5, 0.6) is 0 Å². The SMILES string of the molecule is CC[Si](C)(C)CC(F)(F)F. The predicted molar refractivity (Wildman–Crippen MR) is 38.8 cm³/mol. The molecule has 0 aromatic heterocycles. The fraction of sp³-hybridized carbons (Fsp3) is 1.00. The molecule has 62 valence electrons. The van der Waals surface area contributed by atoms with Crippen molar-refractivity contribution in [2.24, 2.45) is 0 Å². The van der Waals surface area contributed by atoms with E-state index >= 15 is 0 Å². The van der Waals surface area contributed by atoms with E-state index in [1.807, 2.05) is 6.92 Å². The van der Waals surface area contributed by atoms with Crippen LogP contribution in [0, 0.1) is 0 Å². The van der Waals surface area contributed by atoms with E-state index in [0.29, 0.717) is 6.04 Å². The van der Waals surface area contributed by atoms with Crippen molar-refractivity contribution in [3.05, 3.63) is 0 Å². The van der Waals surface area contributed by atoms with Crippen molar-refractivity contribution in [3.8, 4) is 0 Å². The molecule has 0 bridgehead atoms. The van der Waals surface area contributed by atoms with E-state index in [1.54, 1.807) is 13.1 Å². The van der Waals surface area contributed by atoms with E-state index in [1.165, 1.54) is 0 Å². The van der Waals surface area contributed by atoms with Gasteiger partial charge in [0.1, 0.15) is 0 Å². The molecular weight excluding hydrogens is 157 g/mol. The Labute approximate surface area is 60.4 Å². The first kappa shape index (κ1) is 10.0. The van der Waals surface area contributed by atoms with E-state index in [-0.39, 0.29) is 0 Å². The number of alkyl halides is 3. The lowest BCUT2D eigenvalue weighted by Gasteiger charge is -2.21. The zero-order valence-corrected chi connectivity index (χ0v) is 7.55. The first-order chi connectivity index (χ1) is 4.27. The lowest BCUT2D eigenvalue weighted by atomic mass is 10.8. The highest BCUT2D eigenvalue weighted by Gasteiger charge is 2.36. The van der Waals surface area contributed by atoms with Gasteiger partial charge in [0, 0.05) is 6.04 Å². The monoisotopic (exact) mass is 170 g/mol. The third-order valence-electron chi connectivity index (χ3n) is 1.64. The molecule has 0 heterocycles. The van der Waals surface area contributed by atoms with Gasteiger partial charge in [-0.25, -0.2) is 0 Å². The summed E-state index contributed by atoms with van der Waals surface area (Å²) in [4.78, 5) is 0. The van der Waals surface area contributed by atoms with Crippen LogP contribution < -0.4 is 0 Å². The third-order valence-corrected chi connectivity index (χ3v) is 4.91. The Morgan fingerprint density at radius 1 is 1.20 bits per heavy atom. The summed E-state index contributed by atoms with van der Waals surface area (Å²) in [6.07, 6.45) is -3.95. The summed E-state index contributed by atoms with van der Waals surface area (Å²) in [6.45, 7) is 5.36. The van der Waals surface area contributed by atoms with E-state index in [2.05, 4.69) is 0 Å². The Bertz CT molecular complexity index is 106. The molecule has 0 radical (unpaired) electrons. The molecule has 0 nitrogen and oxygen atoms in total. The molecule has 0 spiro atoms. The third kappa shape index (κ3) is 4.85. The van der Waals surface area contributed by atoms with Gasteiger partial charge in [0.15, 0.2) is 0 Å². The van der Waals surface area contributed by atoms with Crippen molar-refractivity contribution in [3.63, 3.8) is 0 Å². The first-order valence-corrected chi connectivity index (χ1v) is 6.75. The molecule has 0 saturated carbocycles. The van der Waals surface area contributed by atoms with E-state index < -0.39 is 20.3 Å². The Morgan fingerprint density at radius 2 is 1.60 bits per heavy atom. The van der Waals surface area contributed by atoms with Crippen molar-refractivity contribution < 1.29 is 13.2 Å². The van der Waals surface area contributed by atoms with E-state index in [4.69, 9.17) is 0 Å². The summed E-state index contributed by atoms with van der Waals surface area (Å²) in [5, 5.41) is 0. The lowest BCUT2D eigenvalue weighted by Crippen LogP contribution is -2.30. The van der Waals surface area contributed by atoms with Crippen molar-refractivity contribution in [2.75, 3.05) is 0 Å². The second-order valence-electron chi connectivity index (χ2n) is 3.31. The van der Waals surface area contributed by atoms with Gasteiger partial charge in [0.25, 0.3) is 0 Å². The normalized spacial score (nSPS) is 13.8. The minimum atomic E-state index is -3.95. The van der Waals surface area contributed by atoms with Crippen molar-refractivity contribution >= 4 is 8.07 Å². The molecule has 0 N–H and O–H groups in total. The maximum absolute atomic E-state index is 11.8. The molecule has 0 aliphatic rings. The summed E-state index contributed by atoms with van der Waals surface area (Å²) in [5.41, 5.74) is 0. The molecule has 0 aliphatic carbocycles. The van der Waals surface area contributed by atoms with Gasteiger partial charge >= 0.3 is 6.18 Å². The molecule has 0 aromatic carbocycles. The molecule has 0 unspecified atom stereocenters. The molecule has 0 aliphatic heterocycles. The Balaban J connectivity index is 3.89. The zero-order valence-electron chi connectivity index (χ0n) is 6.55. The number of hydrogen-bond donors (Lipinski definition) is 0. The topological polar surface area (TPSA) is 0 Å². The molecule has 10 heavy (non-hydrogen) atoms. The van der Waals surface area contributed by atoms with Crippen LogP contribution in [0.15, 0.2) is 0 Å². The summed E-state index contributed by atoms with van der Waals surface area (Å²) in [5.74, 6) is 0. The fourth-order valence-electron chi connectivity index (χ4n) is 0.668. The predicted octanol–water partition coefficient (Wildman–Crippen LogP) is 3.28. The van der Waals surface area contributed by atoms with Gasteiger partial charge in [-0.3, -0.25) is 0 Å². The van der Waals surface area contributed by atoms with Gasteiger partial charge in [0.05, 0.1) is 8.07 Å². The van der Waals surface area contributed by atoms with Crippen LogP contribution in [0.3, 0.4) is 0 Å². The maximum atomic E-state index is 11.8. The van der Waals surface area contributed by atoms with Crippen LogP contribution in [0.25, 0.3) is 0 Å². The van der Waals surface area contributed by atoms with Crippen molar-refractivity contribution in [1.29, 1.82) is 0 Å². The fourth-order valence-corrected chi connectivity index (χ4v) is 2.00. The Kier molecular flexibility index (Phi) is 2.95. The maximum Gasteiger partial charge on any atom is 0.386 e. The highest BCUT2D eigenvalue weighted by atomic mass is 28.3. The highest BCUT2D eigenvalue weighted by molar-refractivity contribution is 6.77. The van der Waals surface area contributed by atoms with Gasteiger partial charge in [-0.15, -0.1) is 0 Å². The first-order valence-electron chi connectivity index (χ1n) is 3.33. The van der Waals surface area contributed by atoms with Crippen LogP contribution in [0.4, 0.5) is 13.2 Å². The average molecular weight is 170 g/mol. The van der Waals surface area contributed by atoms with Crippen LogP contribution in [-0.4, -0.2) is 14.3 Å². The number of rotatable bonds is 2. The molecule has 0 saturated heterocycles. The molecular formula is C6H13F3Si. The second-order valence-corrected chi connectivity index (χ2v) is 8.70. The summed E-state index contributed by atoms with van der Waals surface area (Å²) in [6, 6.07) is 0.156. The molecule has 0 amide bonds.